The maximum Gasteiger partial charge on any atom is 0.472 e. The molecule has 0 aromatic carbocycles. The average molecular weight is 1500 g/mol. The fourth-order valence-corrected chi connectivity index (χ4v) is 11.6. The van der Waals surface area contributed by atoms with Gasteiger partial charge in [0.15, 0.2) is 12.2 Å². The molecule has 0 bridgehead atoms. The molecule has 3 N–H and O–H groups in total. The zero-order chi connectivity index (χ0) is 76.0. The largest absolute Gasteiger partial charge is 0.472 e. The monoisotopic (exact) mass is 1490 g/mol. The van der Waals surface area contributed by atoms with E-state index < -0.39 is 97.5 Å². The molecule has 0 amide bonds. The van der Waals surface area contributed by atoms with Crippen LogP contribution in [0.25, 0.3) is 0 Å². The normalized spacial score (nSPS) is 14.7. The Labute approximate surface area is 629 Å². The summed E-state index contributed by atoms with van der Waals surface area (Å²) in [6.45, 7) is 4.40. The van der Waals surface area contributed by atoms with Crippen molar-refractivity contribution in [3.8, 4) is 0 Å². The highest BCUT2D eigenvalue weighted by molar-refractivity contribution is 7.47. The zero-order valence-corrected chi connectivity index (χ0v) is 66.4. The number of carbonyl (C=O) groups is 4. The van der Waals surface area contributed by atoms with Crippen molar-refractivity contribution in [3.63, 3.8) is 0 Å². The van der Waals surface area contributed by atoms with Gasteiger partial charge in [0.05, 0.1) is 26.4 Å². The Morgan fingerprint density at radius 1 is 0.279 bits per heavy atom. The lowest BCUT2D eigenvalue weighted by atomic mass is 10.1. The van der Waals surface area contributed by atoms with E-state index in [2.05, 4.69) is 186 Å². The second kappa shape index (κ2) is 75.9. The highest BCUT2D eigenvalue weighted by Gasteiger charge is 2.30. The van der Waals surface area contributed by atoms with Crippen LogP contribution in [0.1, 0.15) is 297 Å². The summed E-state index contributed by atoms with van der Waals surface area (Å²) in [6.07, 6.45) is 88.0. The predicted molar refractivity (Wildman–Crippen MR) is 427 cm³/mol. The van der Waals surface area contributed by atoms with Crippen molar-refractivity contribution >= 4 is 39.5 Å². The second-order valence-electron chi connectivity index (χ2n) is 25.9. The number of aliphatic hydroxyl groups is 1. The number of carbonyl (C=O) groups excluding carboxylic acids is 4. The smallest absolute Gasteiger partial charge is 0.462 e. The summed E-state index contributed by atoms with van der Waals surface area (Å²) in [5.74, 6) is -2.26. The summed E-state index contributed by atoms with van der Waals surface area (Å²) >= 11 is 0. The van der Waals surface area contributed by atoms with E-state index in [1.165, 1.54) is 12.8 Å². The van der Waals surface area contributed by atoms with E-state index in [1.54, 1.807) is 0 Å². The molecule has 0 aromatic heterocycles. The summed E-state index contributed by atoms with van der Waals surface area (Å²) in [5.41, 5.74) is 0. The number of unbranched alkanes of at least 4 members (excludes halogenated alkanes) is 21. The van der Waals surface area contributed by atoms with Gasteiger partial charge in [0, 0.05) is 25.7 Å². The van der Waals surface area contributed by atoms with E-state index in [1.807, 2.05) is 0 Å². The molecule has 104 heavy (non-hydrogen) atoms. The molecule has 0 rings (SSSR count). The minimum Gasteiger partial charge on any atom is -0.462 e. The molecular weight excluding hydrogens is 1350 g/mol. The van der Waals surface area contributed by atoms with Crippen molar-refractivity contribution in [3.05, 3.63) is 158 Å². The Kier molecular flexibility index (Phi) is 72.0. The quantitative estimate of drug-likeness (QED) is 0.0169. The van der Waals surface area contributed by atoms with Gasteiger partial charge in [-0.2, -0.15) is 0 Å². The Hall–Kier alpha value is -5.32. The summed E-state index contributed by atoms with van der Waals surface area (Å²) in [7, 11) is -9.98. The first-order chi connectivity index (χ1) is 50.7. The molecule has 5 unspecified atom stereocenters. The summed E-state index contributed by atoms with van der Waals surface area (Å²) < 4.78 is 68.5. The molecule has 17 nitrogen and oxygen atoms in total. The Morgan fingerprint density at radius 2 is 0.500 bits per heavy atom. The van der Waals surface area contributed by atoms with Gasteiger partial charge < -0.3 is 33.8 Å². The Balaban J connectivity index is 5.38. The SMILES string of the molecule is CC/C=C\C/C=C\C/C=C\C/C=C\C/C=C\CCCCCC(=O)OCC(COP(=O)(O)OCC(O)COP(=O)(O)OCC(COC(=O)CCCCCCCC/C=C\C/C=C\C/C=C\C/C=C\CC)OC(=O)CCCCCCC/C=C\CCCC)OC(=O)CCCCCCC/C=C\C/C=C\C/C=C\CC. The lowest BCUT2D eigenvalue weighted by molar-refractivity contribution is -0.161. The number of ether oxygens (including phenoxy) is 4. The van der Waals surface area contributed by atoms with Crippen molar-refractivity contribution in [2.24, 2.45) is 0 Å². The summed E-state index contributed by atoms with van der Waals surface area (Å²) in [5, 5.41) is 10.6. The molecule has 592 valence electrons. The molecule has 0 aliphatic carbocycles. The molecule has 0 saturated carbocycles. The number of phosphoric ester groups is 2. The van der Waals surface area contributed by atoms with E-state index in [0.29, 0.717) is 25.7 Å². The standard InChI is InChI=1S/C85H140O17P2/c1-5-9-13-17-21-25-29-32-35-37-39-41-44-46-50-53-57-61-65-69-82(87)95-75-80(101-84(89)71-67-63-59-55-49-28-24-20-16-12-8-4)77-99-103(91,92)97-73-79(86)74-98-104(93,94)100-78-81(102-85(90)72-68-64-60-56-52-48-43-34-31-27-23-19-15-11-7-3)76-96-83(88)70-66-62-58-54-51-47-45-42-40-38-36-33-30-26-22-18-14-10-6-2/h9-11,13-15,20-27,32-36,39-43,47,51,79-81,86H,5-8,12,16-19,28-31,37-38,44-46,48-50,52-78H2,1-4H3,(H,91,92)(H,93,94)/b13-9-,14-10-,15-11-,24-20-,25-21-,26-22-,27-23-,35-32-,36-33-,41-39-,42-40-,43-34-,51-47-. The predicted octanol–water partition coefficient (Wildman–Crippen LogP) is 23.2. The highest BCUT2D eigenvalue weighted by Crippen LogP contribution is 2.45. The first kappa shape index (κ1) is 98.7. The molecule has 19 heteroatoms. The van der Waals surface area contributed by atoms with Crippen molar-refractivity contribution in [1.29, 1.82) is 0 Å². The van der Waals surface area contributed by atoms with Gasteiger partial charge in [-0.15, -0.1) is 0 Å². The molecule has 0 heterocycles. The van der Waals surface area contributed by atoms with E-state index in [0.717, 1.165) is 205 Å². The zero-order valence-electron chi connectivity index (χ0n) is 64.6. The molecule has 0 spiro atoms. The van der Waals surface area contributed by atoms with Crippen molar-refractivity contribution in [1.82, 2.24) is 0 Å². The number of esters is 4. The third-order valence-electron chi connectivity index (χ3n) is 16.0. The van der Waals surface area contributed by atoms with Gasteiger partial charge in [-0.05, 0) is 161 Å². The van der Waals surface area contributed by atoms with Gasteiger partial charge in [-0.25, -0.2) is 9.13 Å². The summed E-state index contributed by atoms with van der Waals surface area (Å²) in [6, 6.07) is 0. The molecule has 0 radical (unpaired) electrons. The fraction of sp³-hybridized carbons (Fsp3) is 0.647. The van der Waals surface area contributed by atoms with Gasteiger partial charge in [0.1, 0.15) is 19.3 Å². The molecular formula is C85H140O17P2. The van der Waals surface area contributed by atoms with Gasteiger partial charge in [-0.3, -0.25) is 37.3 Å². The maximum atomic E-state index is 13.1. The van der Waals surface area contributed by atoms with Crippen molar-refractivity contribution in [2.75, 3.05) is 39.6 Å². The van der Waals surface area contributed by atoms with Gasteiger partial charge in [0.25, 0.3) is 0 Å². The van der Waals surface area contributed by atoms with E-state index >= 15 is 0 Å². The van der Waals surface area contributed by atoms with Crippen LogP contribution in [-0.4, -0.2) is 96.7 Å². The average Bonchev–Trinajstić information content (AvgIpc) is 0.929. The van der Waals surface area contributed by atoms with Crippen LogP contribution in [-0.2, 0) is 65.4 Å². The third kappa shape index (κ3) is 74.9. The van der Waals surface area contributed by atoms with Crippen LogP contribution in [0, 0.1) is 0 Å². The van der Waals surface area contributed by atoms with Crippen LogP contribution in [0.3, 0.4) is 0 Å². The first-order valence-corrected chi connectivity index (χ1v) is 42.7. The topological polar surface area (TPSA) is 237 Å². The van der Waals surface area contributed by atoms with Crippen molar-refractivity contribution < 1.29 is 80.2 Å². The molecule has 5 atom stereocenters. The molecule has 0 aromatic rings. The number of rotatable bonds is 73. The van der Waals surface area contributed by atoms with Crippen LogP contribution < -0.4 is 0 Å². The third-order valence-corrected chi connectivity index (χ3v) is 17.9. The van der Waals surface area contributed by atoms with Crippen LogP contribution in [0.5, 0.6) is 0 Å². The van der Waals surface area contributed by atoms with Gasteiger partial charge in [0.2, 0.25) is 0 Å². The van der Waals surface area contributed by atoms with E-state index in [-0.39, 0.29) is 25.7 Å². The van der Waals surface area contributed by atoms with Crippen LogP contribution >= 0.6 is 15.6 Å². The number of hydrogen-bond donors (Lipinski definition) is 3. The maximum absolute atomic E-state index is 13.1. The lowest BCUT2D eigenvalue weighted by Gasteiger charge is -2.21. The summed E-state index contributed by atoms with van der Waals surface area (Å²) in [4.78, 5) is 73.0. The fourth-order valence-electron chi connectivity index (χ4n) is 10.00. The van der Waals surface area contributed by atoms with Crippen molar-refractivity contribution in [2.45, 2.75) is 316 Å². The molecule has 0 aliphatic rings. The molecule has 0 fully saturated rings. The number of phosphoric acid groups is 2. The van der Waals surface area contributed by atoms with E-state index in [4.69, 9.17) is 37.0 Å². The number of hydrogen-bond acceptors (Lipinski definition) is 15. The Bertz CT molecular complexity index is 2590. The molecule has 0 aliphatic heterocycles. The van der Waals surface area contributed by atoms with Crippen LogP contribution in [0.4, 0.5) is 0 Å². The first-order valence-electron chi connectivity index (χ1n) is 39.7. The van der Waals surface area contributed by atoms with Crippen LogP contribution in [0.15, 0.2) is 158 Å². The molecule has 0 saturated heterocycles. The second-order valence-corrected chi connectivity index (χ2v) is 28.8. The number of allylic oxidation sites excluding steroid dienone is 26. The minimum absolute atomic E-state index is 0.0626. The minimum atomic E-state index is -5.00. The highest BCUT2D eigenvalue weighted by atomic mass is 31.2. The lowest BCUT2D eigenvalue weighted by Crippen LogP contribution is -2.30. The van der Waals surface area contributed by atoms with E-state index in [9.17, 15) is 43.2 Å². The van der Waals surface area contributed by atoms with Gasteiger partial charge >= 0.3 is 39.5 Å². The van der Waals surface area contributed by atoms with Crippen LogP contribution in [0.2, 0.25) is 0 Å². The van der Waals surface area contributed by atoms with Gasteiger partial charge in [-0.1, -0.05) is 269 Å². The Morgan fingerprint density at radius 3 is 0.788 bits per heavy atom. The number of aliphatic hydroxyl groups excluding tert-OH is 1.